The second-order valence-electron chi connectivity index (χ2n) is 4.70. The van der Waals surface area contributed by atoms with Gasteiger partial charge in [-0.2, -0.15) is 5.10 Å². The fourth-order valence-electron chi connectivity index (χ4n) is 2.27. The lowest BCUT2D eigenvalue weighted by Gasteiger charge is -2.04. The first-order chi connectivity index (χ1) is 10.5. The Morgan fingerprint density at radius 1 is 1.59 bits per heavy atom. The number of aryl methyl sites for hydroxylation is 1. The lowest BCUT2D eigenvalue weighted by atomic mass is 10.3. The summed E-state index contributed by atoms with van der Waals surface area (Å²) in [6.07, 6.45) is 4.93. The van der Waals surface area contributed by atoms with Crippen LogP contribution in [-0.2, 0) is 13.6 Å². The molecule has 0 aliphatic heterocycles. The Bertz CT molecular complexity index is 966. The summed E-state index contributed by atoms with van der Waals surface area (Å²) in [6.45, 7) is 0.136. The van der Waals surface area contributed by atoms with Crippen LogP contribution in [0.4, 0.5) is 0 Å². The van der Waals surface area contributed by atoms with Crippen molar-refractivity contribution >= 4 is 60.9 Å². The minimum atomic E-state index is -0.206. The second-order valence-corrected chi connectivity index (χ2v) is 7.45. The van der Waals surface area contributed by atoms with Crippen molar-refractivity contribution in [3.05, 3.63) is 31.8 Å². The summed E-state index contributed by atoms with van der Waals surface area (Å²) < 4.78 is 5.02. The maximum atomic E-state index is 12.6. The molecule has 0 amide bonds. The lowest BCUT2D eigenvalue weighted by molar-refractivity contribution is 0.675. The van der Waals surface area contributed by atoms with Crippen molar-refractivity contribution in [2.75, 3.05) is 7.05 Å². The molecule has 22 heavy (non-hydrogen) atoms. The van der Waals surface area contributed by atoms with Crippen LogP contribution >= 0.6 is 33.9 Å². The predicted molar refractivity (Wildman–Crippen MR) is 96.8 cm³/mol. The predicted octanol–water partition coefficient (Wildman–Crippen LogP) is 1.70. The average Bonchev–Trinajstić information content (AvgIpc) is 2.98. The van der Waals surface area contributed by atoms with E-state index in [0.717, 1.165) is 18.7 Å². The molecule has 3 aromatic heterocycles. The van der Waals surface area contributed by atoms with Crippen LogP contribution in [0.15, 0.2) is 23.3 Å². The van der Waals surface area contributed by atoms with Gasteiger partial charge in [0.15, 0.2) is 8.66 Å². The third-order valence-electron chi connectivity index (χ3n) is 3.27. The molecule has 9 heteroatoms. The van der Waals surface area contributed by atoms with Crippen molar-refractivity contribution < 1.29 is 0 Å². The number of hydrogen-bond donors (Lipinski definition) is 2. The molecular formula is C13H13IN6OS. The molecule has 3 aromatic rings. The van der Waals surface area contributed by atoms with Crippen LogP contribution in [0.5, 0.6) is 0 Å². The lowest BCUT2D eigenvalue weighted by Crippen LogP contribution is -2.26. The standard InChI is InChI=1S/C13H13IN6OS/c1-16-4-3-7(15)6-20-12(21)9-8(5-17-20)10-11(19(9)2)18-13(14)22-10/h3-5,15-16H,6H2,1-2H3/b4-3-,15-7?. The van der Waals surface area contributed by atoms with Gasteiger partial charge in [-0.25, -0.2) is 9.67 Å². The van der Waals surface area contributed by atoms with Gasteiger partial charge in [0.2, 0.25) is 0 Å². The molecule has 3 rings (SSSR count). The fourth-order valence-corrected chi connectivity index (χ4v) is 4.00. The van der Waals surface area contributed by atoms with Crippen LogP contribution in [0.3, 0.4) is 0 Å². The van der Waals surface area contributed by atoms with Crippen molar-refractivity contribution in [1.82, 2.24) is 24.6 Å². The number of allylic oxidation sites excluding steroid dienone is 1. The van der Waals surface area contributed by atoms with Gasteiger partial charge in [0.05, 0.1) is 23.2 Å². The van der Waals surface area contributed by atoms with E-state index in [1.54, 1.807) is 41.4 Å². The average molecular weight is 428 g/mol. The zero-order valence-electron chi connectivity index (χ0n) is 11.9. The van der Waals surface area contributed by atoms with Crippen molar-refractivity contribution in [2.24, 2.45) is 7.05 Å². The van der Waals surface area contributed by atoms with Crippen LogP contribution in [0.2, 0.25) is 0 Å². The summed E-state index contributed by atoms with van der Waals surface area (Å²) in [5.41, 5.74) is 1.46. The van der Waals surface area contributed by atoms with E-state index in [0.29, 0.717) is 11.2 Å². The van der Waals surface area contributed by atoms with Crippen molar-refractivity contribution in [1.29, 1.82) is 5.41 Å². The van der Waals surface area contributed by atoms with Crippen LogP contribution in [0.25, 0.3) is 21.3 Å². The molecule has 0 spiro atoms. The number of aromatic nitrogens is 4. The molecule has 0 aliphatic carbocycles. The van der Waals surface area contributed by atoms with Gasteiger partial charge in [-0.1, -0.05) is 0 Å². The monoisotopic (exact) mass is 428 g/mol. The Labute approximate surface area is 143 Å². The zero-order valence-corrected chi connectivity index (χ0v) is 14.9. The molecule has 3 heterocycles. The minimum absolute atomic E-state index is 0.136. The van der Waals surface area contributed by atoms with E-state index in [1.807, 2.05) is 7.05 Å². The maximum Gasteiger partial charge on any atom is 0.291 e. The second kappa shape index (κ2) is 5.80. The van der Waals surface area contributed by atoms with E-state index >= 15 is 0 Å². The first kappa shape index (κ1) is 15.2. The summed E-state index contributed by atoms with van der Waals surface area (Å²) in [7, 11) is 3.59. The Morgan fingerprint density at radius 2 is 2.36 bits per heavy atom. The quantitative estimate of drug-likeness (QED) is 0.489. The van der Waals surface area contributed by atoms with E-state index < -0.39 is 0 Å². The van der Waals surface area contributed by atoms with E-state index in [4.69, 9.17) is 5.41 Å². The molecular weight excluding hydrogens is 415 g/mol. The molecule has 0 bridgehead atoms. The van der Waals surface area contributed by atoms with Gasteiger partial charge in [0.1, 0.15) is 5.52 Å². The van der Waals surface area contributed by atoms with E-state index in [-0.39, 0.29) is 12.1 Å². The highest BCUT2D eigenvalue weighted by molar-refractivity contribution is 14.1. The number of rotatable bonds is 4. The largest absolute Gasteiger partial charge is 0.394 e. The van der Waals surface area contributed by atoms with Crippen LogP contribution in [-0.4, -0.2) is 32.1 Å². The summed E-state index contributed by atoms with van der Waals surface area (Å²) in [5, 5.41) is 15.7. The molecule has 2 N–H and O–H groups in total. The smallest absolute Gasteiger partial charge is 0.291 e. The van der Waals surface area contributed by atoms with Gasteiger partial charge < -0.3 is 15.3 Å². The molecule has 0 aliphatic rings. The van der Waals surface area contributed by atoms with Gasteiger partial charge in [-0.05, 0) is 34.9 Å². The number of nitrogens with one attached hydrogen (secondary N) is 2. The third-order valence-corrected chi connectivity index (χ3v) is 5.04. The summed E-state index contributed by atoms with van der Waals surface area (Å²) in [5.74, 6) is 0. The maximum absolute atomic E-state index is 12.6. The van der Waals surface area contributed by atoms with Crippen molar-refractivity contribution in [3.8, 4) is 0 Å². The highest BCUT2D eigenvalue weighted by atomic mass is 127. The molecule has 7 nitrogen and oxygen atoms in total. The number of halogens is 1. The minimum Gasteiger partial charge on any atom is -0.394 e. The van der Waals surface area contributed by atoms with E-state index in [9.17, 15) is 4.79 Å². The van der Waals surface area contributed by atoms with Crippen molar-refractivity contribution in [3.63, 3.8) is 0 Å². The SMILES string of the molecule is CN/C=C\C(=N)Cn1ncc2c3sc(I)nc3n(C)c2c1=O. The van der Waals surface area contributed by atoms with Crippen molar-refractivity contribution in [2.45, 2.75) is 6.54 Å². The Morgan fingerprint density at radius 3 is 3.09 bits per heavy atom. The normalized spacial score (nSPS) is 11.8. The zero-order chi connectivity index (χ0) is 15.9. The summed E-state index contributed by atoms with van der Waals surface area (Å²) in [6, 6.07) is 0. The van der Waals surface area contributed by atoms with Gasteiger partial charge in [0, 0.05) is 19.5 Å². The van der Waals surface area contributed by atoms with Crippen LogP contribution in [0.1, 0.15) is 0 Å². The molecule has 0 saturated heterocycles. The molecule has 0 radical (unpaired) electrons. The van der Waals surface area contributed by atoms with Gasteiger partial charge in [-0.3, -0.25) is 4.79 Å². The van der Waals surface area contributed by atoms with Gasteiger partial charge >= 0.3 is 0 Å². The Balaban J connectivity index is 2.14. The summed E-state index contributed by atoms with van der Waals surface area (Å²) in [4.78, 5) is 17.1. The van der Waals surface area contributed by atoms with Gasteiger partial charge in [-0.15, -0.1) is 11.3 Å². The Hall–Kier alpha value is -1.75. The molecule has 0 saturated carbocycles. The van der Waals surface area contributed by atoms with Crippen LogP contribution < -0.4 is 10.9 Å². The number of fused-ring (bicyclic) bond motifs is 3. The molecule has 0 unspecified atom stereocenters. The fraction of sp³-hybridized carbons (Fsp3) is 0.231. The highest BCUT2D eigenvalue weighted by Gasteiger charge is 2.17. The van der Waals surface area contributed by atoms with Crippen LogP contribution in [0, 0.1) is 8.42 Å². The molecule has 0 atom stereocenters. The molecule has 0 fully saturated rings. The van der Waals surface area contributed by atoms with E-state index in [2.05, 4.69) is 38.0 Å². The number of nitrogens with zero attached hydrogens (tertiary/aromatic N) is 4. The third kappa shape index (κ3) is 2.43. The first-order valence-corrected chi connectivity index (χ1v) is 8.34. The summed E-state index contributed by atoms with van der Waals surface area (Å²) >= 11 is 3.72. The van der Waals surface area contributed by atoms with Gasteiger partial charge in [0.25, 0.3) is 5.56 Å². The highest BCUT2D eigenvalue weighted by Crippen LogP contribution is 2.31. The molecule has 114 valence electrons. The number of thiazole rings is 1. The molecule has 0 aromatic carbocycles. The number of hydrogen-bond acceptors (Lipinski definition) is 6. The Kier molecular flexibility index (Phi) is 4.00. The van der Waals surface area contributed by atoms with E-state index in [1.165, 1.54) is 4.68 Å². The first-order valence-electron chi connectivity index (χ1n) is 6.44. The topological polar surface area (TPSA) is 88.6 Å².